The number of amides is 2. The van der Waals surface area contributed by atoms with E-state index in [-0.39, 0.29) is 17.9 Å². The summed E-state index contributed by atoms with van der Waals surface area (Å²) in [5, 5.41) is 4.82. The maximum absolute atomic E-state index is 13.2. The molecule has 3 N–H and O–H groups in total. The minimum atomic E-state index is -0.305. The van der Waals surface area contributed by atoms with Crippen molar-refractivity contribution < 1.29 is 9.18 Å². The first-order valence-corrected chi connectivity index (χ1v) is 8.46. The Kier molecular flexibility index (Phi) is 5.43. The topological polar surface area (TPSA) is 71.2 Å². The Morgan fingerprint density at radius 1 is 1.23 bits per heavy atom. The molecule has 26 heavy (non-hydrogen) atoms. The van der Waals surface area contributed by atoms with Gasteiger partial charge < -0.3 is 16.0 Å². The monoisotopic (exact) mass is 352 g/mol. The smallest absolute Gasteiger partial charge is 0.322 e. The zero-order valence-corrected chi connectivity index (χ0v) is 14.5. The Morgan fingerprint density at radius 2 is 2.00 bits per heavy atom. The number of benzene rings is 2. The van der Waals surface area contributed by atoms with E-state index in [1.807, 2.05) is 31.2 Å². The van der Waals surface area contributed by atoms with Crippen LogP contribution < -0.4 is 11.1 Å². The largest absolute Gasteiger partial charge is 0.329 e. The fourth-order valence-electron chi connectivity index (χ4n) is 2.95. The quantitative estimate of drug-likeness (QED) is 0.731. The molecule has 2 aromatic carbocycles. The summed E-state index contributed by atoms with van der Waals surface area (Å²) in [5.74, 6) is -0.305. The van der Waals surface area contributed by atoms with Crippen LogP contribution in [0.5, 0.6) is 0 Å². The molecule has 6 heteroatoms. The molecule has 134 valence electrons. The summed E-state index contributed by atoms with van der Waals surface area (Å²) < 4.78 is 13.2. The number of carbonyl (C=O) groups excluding carboxylic acids is 1. The van der Waals surface area contributed by atoms with Crippen LogP contribution >= 0.6 is 0 Å². The van der Waals surface area contributed by atoms with Gasteiger partial charge in [-0.25, -0.2) is 9.18 Å². The van der Waals surface area contributed by atoms with E-state index in [4.69, 9.17) is 5.73 Å². The van der Waals surface area contributed by atoms with E-state index in [2.05, 4.69) is 10.3 Å². The highest BCUT2D eigenvalue weighted by Gasteiger charge is 2.21. The lowest BCUT2D eigenvalue weighted by Gasteiger charge is -2.29. The number of hydrogen-bond donors (Lipinski definition) is 2. The first-order chi connectivity index (χ1) is 12.6. The predicted octanol–water partition coefficient (Wildman–Crippen LogP) is 3.93. The number of halogens is 1. The standard InChI is InChI=1S/C20H21FN4O/c1-14(15-5-7-17(21)8-6-15)25(12-10-22)20(26)24-19-4-2-3-16-13-23-11-9-18(16)19/h2-9,11,13-14H,10,12,22H2,1H3,(H,24,26). The van der Waals surface area contributed by atoms with E-state index >= 15 is 0 Å². The highest BCUT2D eigenvalue weighted by Crippen LogP contribution is 2.25. The SMILES string of the molecule is CC(c1ccc(F)cc1)N(CCN)C(=O)Nc1cccc2cnccc12. The molecule has 0 saturated heterocycles. The number of aromatic nitrogens is 1. The van der Waals surface area contributed by atoms with Crippen LogP contribution in [0.25, 0.3) is 10.8 Å². The van der Waals surface area contributed by atoms with Gasteiger partial charge in [-0.2, -0.15) is 0 Å². The van der Waals surface area contributed by atoms with Crippen molar-refractivity contribution in [2.45, 2.75) is 13.0 Å². The lowest BCUT2D eigenvalue weighted by Crippen LogP contribution is -2.40. The summed E-state index contributed by atoms with van der Waals surface area (Å²) in [6, 6.07) is 13.2. The number of nitrogens with two attached hydrogens (primary N) is 1. The molecular weight excluding hydrogens is 331 g/mol. The molecule has 1 heterocycles. The van der Waals surface area contributed by atoms with Gasteiger partial charge in [0.05, 0.1) is 11.7 Å². The Balaban J connectivity index is 1.85. The third-order valence-corrected chi connectivity index (χ3v) is 4.37. The molecule has 0 fully saturated rings. The van der Waals surface area contributed by atoms with Crippen LogP contribution in [0.2, 0.25) is 0 Å². The highest BCUT2D eigenvalue weighted by molar-refractivity contribution is 6.01. The second-order valence-corrected chi connectivity index (χ2v) is 6.04. The molecule has 2 amide bonds. The van der Waals surface area contributed by atoms with Crippen molar-refractivity contribution in [3.63, 3.8) is 0 Å². The molecular formula is C20H21FN4O. The molecule has 0 saturated carbocycles. The predicted molar refractivity (Wildman–Crippen MR) is 101 cm³/mol. The van der Waals surface area contributed by atoms with Crippen LogP contribution in [0.15, 0.2) is 60.9 Å². The van der Waals surface area contributed by atoms with Crippen molar-refractivity contribution in [3.8, 4) is 0 Å². The zero-order chi connectivity index (χ0) is 18.5. The van der Waals surface area contributed by atoms with Gasteiger partial charge in [0.1, 0.15) is 5.82 Å². The number of fused-ring (bicyclic) bond motifs is 1. The van der Waals surface area contributed by atoms with Crippen LogP contribution in [-0.2, 0) is 0 Å². The molecule has 1 atom stereocenters. The van der Waals surface area contributed by atoms with Gasteiger partial charge in [0.2, 0.25) is 0 Å². The highest BCUT2D eigenvalue weighted by atomic mass is 19.1. The van der Waals surface area contributed by atoms with E-state index in [1.165, 1.54) is 12.1 Å². The van der Waals surface area contributed by atoms with Gasteiger partial charge in [-0.3, -0.25) is 4.98 Å². The third kappa shape index (κ3) is 3.81. The zero-order valence-electron chi connectivity index (χ0n) is 14.5. The average molecular weight is 352 g/mol. The molecule has 0 aliphatic carbocycles. The normalized spacial score (nSPS) is 12.0. The van der Waals surface area contributed by atoms with Crippen molar-refractivity contribution >= 4 is 22.5 Å². The van der Waals surface area contributed by atoms with E-state index in [0.29, 0.717) is 18.8 Å². The van der Waals surface area contributed by atoms with Crippen LogP contribution in [0.3, 0.4) is 0 Å². The van der Waals surface area contributed by atoms with E-state index < -0.39 is 0 Å². The lowest BCUT2D eigenvalue weighted by atomic mass is 10.1. The number of anilines is 1. The van der Waals surface area contributed by atoms with Crippen molar-refractivity contribution in [1.29, 1.82) is 0 Å². The summed E-state index contributed by atoms with van der Waals surface area (Å²) in [5.41, 5.74) is 7.26. The summed E-state index contributed by atoms with van der Waals surface area (Å²) in [6.45, 7) is 2.62. The van der Waals surface area contributed by atoms with Gasteiger partial charge in [-0.05, 0) is 36.8 Å². The summed E-state index contributed by atoms with van der Waals surface area (Å²) >= 11 is 0. The number of hydrogen-bond acceptors (Lipinski definition) is 3. The summed E-state index contributed by atoms with van der Waals surface area (Å²) in [7, 11) is 0. The lowest BCUT2D eigenvalue weighted by molar-refractivity contribution is 0.195. The molecule has 5 nitrogen and oxygen atoms in total. The molecule has 1 unspecified atom stereocenters. The molecule has 0 radical (unpaired) electrons. The minimum absolute atomic E-state index is 0.240. The second-order valence-electron chi connectivity index (χ2n) is 6.04. The van der Waals surface area contributed by atoms with Gasteiger partial charge >= 0.3 is 6.03 Å². The number of pyridine rings is 1. The molecule has 0 aliphatic heterocycles. The molecule has 1 aromatic heterocycles. The molecule has 0 spiro atoms. The van der Waals surface area contributed by atoms with Crippen molar-refractivity contribution in [3.05, 3.63) is 72.3 Å². The first-order valence-electron chi connectivity index (χ1n) is 8.46. The Morgan fingerprint density at radius 3 is 2.73 bits per heavy atom. The van der Waals surface area contributed by atoms with Gasteiger partial charge in [0, 0.05) is 36.3 Å². The average Bonchev–Trinajstić information content (AvgIpc) is 2.66. The fraction of sp³-hybridized carbons (Fsp3) is 0.200. The number of nitrogens with zero attached hydrogens (tertiary/aromatic N) is 2. The van der Waals surface area contributed by atoms with Crippen molar-refractivity contribution in [2.75, 3.05) is 18.4 Å². The van der Waals surface area contributed by atoms with Crippen molar-refractivity contribution in [1.82, 2.24) is 9.88 Å². The van der Waals surface area contributed by atoms with Crippen LogP contribution in [0.4, 0.5) is 14.9 Å². The number of rotatable bonds is 5. The molecule has 0 aliphatic rings. The van der Waals surface area contributed by atoms with Gasteiger partial charge in [-0.15, -0.1) is 0 Å². The number of nitrogens with one attached hydrogen (secondary N) is 1. The third-order valence-electron chi connectivity index (χ3n) is 4.37. The molecule has 3 aromatic rings. The minimum Gasteiger partial charge on any atom is -0.329 e. The van der Waals surface area contributed by atoms with Crippen LogP contribution in [-0.4, -0.2) is 29.0 Å². The number of urea groups is 1. The van der Waals surface area contributed by atoms with Gasteiger partial charge in [0.15, 0.2) is 0 Å². The Labute approximate surface area is 151 Å². The van der Waals surface area contributed by atoms with Gasteiger partial charge in [-0.1, -0.05) is 24.3 Å². The summed E-state index contributed by atoms with van der Waals surface area (Å²) in [4.78, 5) is 18.6. The summed E-state index contributed by atoms with van der Waals surface area (Å²) in [6.07, 6.45) is 3.45. The maximum Gasteiger partial charge on any atom is 0.322 e. The first kappa shape index (κ1) is 17.8. The van der Waals surface area contributed by atoms with Crippen LogP contribution in [0, 0.1) is 5.82 Å². The second kappa shape index (κ2) is 7.93. The van der Waals surface area contributed by atoms with E-state index in [1.54, 1.807) is 29.4 Å². The Hall–Kier alpha value is -2.99. The van der Waals surface area contributed by atoms with Crippen LogP contribution in [0.1, 0.15) is 18.5 Å². The maximum atomic E-state index is 13.2. The fourth-order valence-corrected chi connectivity index (χ4v) is 2.95. The van der Waals surface area contributed by atoms with Crippen molar-refractivity contribution in [2.24, 2.45) is 5.73 Å². The molecule has 0 bridgehead atoms. The number of carbonyl (C=O) groups is 1. The van der Waals surface area contributed by atoms with E-state index in [9.17, 15) is 9.18 Å². The van der Waals surface area contributed by atoms with Gasteiger partial charge in [0.25, 0.3) is 0 Å². The van der Waals surface area contributed by atoms with E-state index in [0.717, 1.165) is 16.3 Å². The molecule has 3 rings (SSSR count). The Bertz CT molecular complexity index is 892.